The third kappa shape index (κ3) is 11.4. The highest BCUT2D eigenvalue weighted by molar-refractivity contribution is 7.85. The SMILES string of the molecule is CC1(C)OB(c2c(C#N)ccc3[nH]ccc23)OC1(C)C.N#Cc1ccc2[nH]ccc2c1-c1nc(N2CCOCC2)c2oc3ncc(CN4CCS(=O)CC4)cc3c2n1.O=S1CCN(Cc2cnc3oc4c(N5CCOCC5)nc(Cl)nc4c3c2)CC1. The van der Waals surface area contributed by atoms with Crippen molar-refractivity contribution >= 4 is 124 Å². The Kier molecular flexibility index (Phi) is 16.1. The Morgan fingerprint density at radius 2 is 1.08 bits per heavy atom. The summed E-state index contributed by atoms with van der Waals surface area (Å²) in [5, 5.41) is 23.0. The molecule has 15 rings (SSSR count). The van der Waals surface area contributed by atoms with Crippen LogP contribution in [0.1, 0.15) is 49.9 Å². The second-order valence-electron chi connectivity index (χ2n) is 22.8. The van der Waals surface area contributed by atoms with Crippen molar-refractivity contribution in [2.24, 2.45) is 0 Å². The molecule has 10 aromatic rings. The minimum atomic E-state index is -0.718. The molecule has 5 saturated heterocycles. The van der Waals surface area contributed by atoms with Crippen LogP contribution in [-0.4, -0.2) is 178 Å². The number of aromatic nitrogens is 8. The molecule has 13 heterocycles. The number of anilines is 2. The largest absolute Gasteiger partial charge is 0.496 e. The number of halogens is 1. The summed E-state index contributed by atoms with van der Waals surface area (Å²) in [5.41, 5.74) is 9.40. The molecular formula is C60H62BClN14O8S2. The molecule has 5 aliphatic rings. The second-order valence-corrected chi connectivity index (χ2v) is 26.5. The van der Waals surface area contributed by atoms with E-state index in [1.807, 2.05) is 76.7 Å². The van der Waals surface area contributed by atoms with E-state index in [-0.39, 0.29) is 5.28 Å². The molecule has 22 nitrogen and oxygen atoms in total. The molecule has 5 aliphatic heterocycles. The summed E-state index contributed by atoms with van der Waals surface area (Å²) >= 11 is 6.23. The van der Waals surface area contributed by atoms with E-state index in [1.165, 1.54) is 0 Å². The number of H-pyrrole nitrogens is 2. The summed E-state index contributed by atoms with van der Waals surface area (Å²) in [6.45, 7) is 18.1. The molecule has 8 aromatic heterocycles. The Hall–Kier alpha value is -7.43. The molecule has 26 heteroatoms. The standard InChI is InChI=1S/C27H25N7O3S.C18H20ClN5O3S.C15H17BN2O2/c28-14-18-1-2-21-19(3-4-29-21)22(18)25-31-23-20-13-17(16-33-7-11-38(35)12-8-33)15-30-27(20)37-24(23)26(32-25)34-5-9-36-10-6-34;19-18-21-14-13-9-12(11-23-3-7-28(25)8-4-23)10-20-17(13)27-15(14)16(22-18)24-1-5-26-6-2-24;1-14(2)15(3,4)20-16(19-14)13-10(9-17)5-6-12-11(13)7-8-18-12/h1-4,13,15,29H,5-12,16H2;9-10H,1-8,11H2;5-8,18H,1-4H3. The fourth-order valence-corrected chi connectivity index (χ4v) is 13.9. The minimum absolute atomic E-state index is 0.195. The number of nitriles is 2. The number of aromatic amines is 2. The van der Waals surface area contributed by atoms with Gasteiger partial charge in [-0.05, 0) is 99.0 Å². The highest BCUT2D eigenvalue weighted by Gasteiger charge is 2.53. The summed E-state index contributed by atoms with van der Waals surface area (Å²) in [7, 11) is -1.92. The van der Waals surface area contributed by atoms with Crippen molar-refractivity contribution in [3.63, 3.8) is 0 Å². The Bertz CT molecular complexity index is 4320. The van der Waals surface area contributed by atoms with E-state index in [0.29, 0.717) is 119 Å². The molecule has 0 spiro atoms. The van der Waals surface area contributed by atoms with Crippen LogP contribution in [0.4, 0.5) is 11.6 Å². The highest BCUT2D eigenvalue weighted by Crippen LogP contribution is 2.40. The zero-order valence-corrected chi connectivity index (χ0v) is 50.4. The van der Waals surface area contributed by atoms with Crippen LogP contribution in [0, 0.1) is 22.7 Å². The number of fused-ring (bicyclic) bond motifs is 8. The van der Waals surface area contributed by atoms with E-state index in [2.05, 4.69) is 73.8 Å². The number of benzene rings is 2. The van der Waals surface area contributed by atoms with Gasteiger partial charge in [0.2, 0.25) is 16.7 Å². The maximum Gasteiger partial charge on any atom is 0.496 e. The van der Waals surface area contributed by atoms with Gasteiger partial charge in [-0.15, -0.1) is 0 Å². The Morgan fingerprint density at radius 3 is 1.60 bits per heavy atom. The van der Waals surface area contributed by atoms with Crippen molar-refractivity contribution in [1.82, 2.24) is 49.7 Å². The Labute approximate surface area is 505 Å². The highest BCUT2D eigenvalue weighted by atomic mass is 35.5. The second kappa shape index (κ2) is 24.0. The third-order valence-corrected chi connectivity index (χ3v) is 19.6. The number of pyridine rings is 2. The zero-order valence-electron chi connectivity index (χ0n) is 48.1. The zero-order chi connectivity index (χ0) is 59.3. The number of nitrogens with one attached hydrogen (secondary N) is 2. The van der Waals surface area contributed by atoms with Gasteiger partial charge in [0.25, 0.3) is 0 Å². The smallest absolute Gasteiger partial charge is 0.432 e. The lowest BCUT2D eigenvalue weighted by Crippen LogP contribution is -2.41. The summed E-state index contributed by atoms with van der Waals surface area (Å²) in [6.07, 6.45) is 7.39. The van der Waals surface area contributed by atoms with E-state index >= 15 is 0 Å². The minimum Gasteiger partial charge on any atom is -0.432 e. The van der Waals surface area contributed by atoms with Crippen LogP contribution in [0.3, 0.4) is 0 Å². The van der Waals surface area contributed by atoms with Gasteiger partial charge < -0.3 is 47.4 Å². The average Bonchev–Trinajstić information content (AvgIpc) is 1.69. The van der Waals surface area contributed by atoms with Crippen LogP contribution < -0.4 is 15.3 Å². The molecule has 2 N–H and O–H groups in total. The molecular weight excluding hydrogens is 1160 g/mol. The molecule has 86 heavy (non-hydrogen) atoms. The number of hydrogen-bond acceptors (Lipinski definition) is 20. The lowest BCUT2D eigenvalue weighted by molar-refractivity contribution is 0.00578. The number of ether oxygens (including phenoxy) is 2. The molecule has 0 atom stereocenters. The predicted octanol–water partition coefficient (Wildman–Crippen LogP) is 7.36. The summed E-state index contributed by atoms with van der Waals surface area (Å²) in [4.78, 5) is 43.2. The van der Waals surface area contributed by atoms with E-state index in [0.717, 1.165) is 113 Å². The number of nitrogens with zero attached hydrogens (tertiary/aromatic N) is 12. The number of morpholine rings is 2. The number of hydrogen-bond donors (Lipinski definition) is 2. The fourth-order valence-electron chi connectivity index (χ4n) is 11.5. The summed E-state index contributed by atoms with van der Waals surface area (Å²) in [5.74, 6) is 4.73. The van der Waals surface area contributed by atoms with Crippen molar-refractivity contribution in [2.75, 3.05) is 112 Å². The molecule has 0 amide bonds. The summed E-state index contributed by atoms with van der Waals surface area (Å²) in [6, 6.07) is 20.0. The Morgan fingerprint density at radius 1 is 0.605 bits per heavy atom. The van der Waals surface area contributed by atoms with Crippen LogP contribution in [-0.2, 0) is 53.5 Å². The number of rotatable bonds is 8. The van der Waals surface area contributed by atoms with Gasteiger partial charge in [-0.3, -0.25) is 18.2 Å². The monoisotopic (exact) mass is 1220 g/mol. The molecule has 0 unspecified atom stereocenters. The number of furan rings is 2. The van der Waals surface area contributed by atoms with Gasteiger partial charge in [0.1, 0.15) is 11.0 Å². The van der Waals surface area contributed by atoms with Gasteiger partial charge in [-0.1, -0.05) is 0 Å². The van der Waals surface area contributed by atoms with Crippen molar-refractivity contribution in [2.45, 2.75) is 52.0 Å². The van der Waals surface area contributed by atoms with Crippen molar-refractivity contribution in [1.29, 1.82) is 10.5 Å². The van der Waals surface area contributed by atoms with Gasteiger partial charge in [0, 0.05) is 168 Å². The molecule has 0 saturated carbocycles. The van der Waals surface area contributed by atoms with Crippen LogP contribution in [0.5, 0.6) is 0 Å². The lowest BCUT2D eigenvalue weighted by Gasteiger charge is -2.32. The van der Waals surface area contributed by atoms with Gasteiger partial charge >= 0.3 is 7.12 Å². The van der Waals surface area contributed by atoms with E-state index < -0.39 is 39.9 Å². The topological polar surface area (TPSA) is 267 Å². The quantitative estimate of drug-likeness (QED) is 0.111. The van der Waals surface area contributed by atoms with Gasteiger partial charge in [0.15, 0.2) is 28.6 Å². The van der Waals surface area contributed by atoms with Crippen LogP contribution in [0.25, 0.3) is 77.6 Å². The van der Waals surface area contributed by atoms with Gasteiger partial charge in [-0.25, -0.2) is 24.9 Å². The van der Waals surface area contributed by atoms with Gasteiger partial charge in [-0.2, -0.15) is 15.5 Å². The van der Waals surface area contributed by atoms with Crippen molar-refractivity contribution in [3.05, 3.63) is 101 Å². The average molecular weight is 1220 g/mol. The van der Waals surface area contributed by atoms with Crippen LogP contribution in [0.2, 0.25) is 5.28 Å². The van der Waals surface area contributed by atoms with E-state index in [9.17, 15) is 18.9 Å². The van der Waals surface area contributed by atoms with Crippen molar-refractivity contribution < 1.29 is 36.0 Å². The Balaban J connectivity index is 0.000000126. The maximum atomic E-state index is 11.8. The maximum absolute atomic E-state index is 11.8. The molecule has 442 valence electrons. The molecule has 2 aromatic carbocycles. The van der Waals surface area contributed by atoms with E-state index in [1.54, 1.807) is 12.1 Å². The third-order valence-electron chi connectivity index (χ3n) is 16.8. The molecule has 0 aliphatic carbocycles. The first-order chi connectivity index (χ1) is 41.7. The van der Waals surface area contributed by atoms with Crippen molar-refractivity contribution in [3.8, 4) is 23.5 Å². The molecule has 0 radical (unpaired) electrons. The first-order valence-corrected chi connectivity index (χ1v) is 32.1. The molecule has 5 fully saturated rings. The van der Waals surface area contributed by atoms with Crippen LogP contribution in [0.15, 0.2) is 82.2 Å². The molecule has 0 bridgehead atoms. The summed E-state index contributed by atoms with van der Waals surface area (Å²) < 4.78 is 58.8. The normalized spacial score (nSPS) is 18.8. The van der Waals surface area contributed by atoms with Crippen LogP contribution >= 0.6 is 11.6 Å². The van der Waals surface area contributed by atoms with E-state index in [4.69, 9.17) is 49.2 Å². The van der Waals surface area contributed by atoms with Gasteiger partial charge in [0.05, 0.1) is 71.7 Å². The predicted molar refractivity (Wildman–Crippen MR) is 332 cm³/mol. The first kappa shape index (κ1) is 57.6. The fraction of sp³-hybridized carbons (Fsp3) is 0.400. The first-order valence-electron chi connectivity index (χ1n) is 28.7. The lowest BCUT2D eigenvalue weighted by atomic mass is 9.74.